The van der Waals surface area contributed by atoms with Crippen molar-refractivity contribution in [2.75, 3.05) is 33.3 Å². The minimum absolute atomic E-state index is 0.0228. The molecule has 30 heavy (non-hydrogen) atoms. The predicted octanol–water partition coefficient (Wildman–Crippen LogP) is 4.06. The van der Waals surface area contributed by atoms with Gasteiger partial charge in [-0.15, -0.1) is 11.3 Å². The van der Waals surface area contributed by atoms with Crippen LogP contribution in [0.15, 0.2) is 29.8 Å². The second kappa shape index (κ2) is 9.35. The summed E-state index contributed by atoms with van der Waals surface area (Å²) in [6, 6.07) is 5.06. The first-order valence-corrected chi connectivity index (χ1v) is 11.6. The molecule has 2 aliphatic heterocycles. The van der Waals surface area contributed by atoms with Gasteiger partial charge in [0, 0.05) is 54.6 Å². The zero-order chi connectivity index (χ0) is 21.1. The summed E-state index contributed by atoms with van der Waals surface area (Å²) in [6.07, 6.45) is 5.31. The van der Waals surface area contributed by atoms with Crippen molar-refractivity contribution in [3.05, 3.63) is 45.4 Å². The number of aromatic nitrogens is 1. The minimum Gasteiger partial charge on any atom is -0.496 e. The monoisotopic (exact) mass is 447 g/mol. The van der Waals surface area contributed by atoms with Crippen LogP contribution in [-0.4, -0.2) is 59.9 Å². The van der Waals surface area contributed by atoms with Gasteiger partial charge in [0.25, 0.3) is 5.91 Å². The Labute approximate surface area is 185 Å². The van der Waals surface area contributed by atoms with Crippen LogP contribution < -0.4 is 4.74 Å². The van der Waals surface area contributed by atoms with Crippen LogP contribution in [0.4, 0.5) is 0 Å². The van der Waals surface area contributed by atoms with Crippen molar-refractivity contribution >= 4 is 34.8 Å². The van der Waals surface area contributed by atoms with Gasteiger partial charge in [-0.25, -0.2) is 4.98 Å². The van der Waals surface area contributed by atoms with E-state index >= 15 is 0 Å². The van der Waals surface area contributed by atoms with Crippen molar-refractivity contribution in [2.24, 2.45) is 5.92 Å². The summed E-state index contributed by atoms with van der Waals surface area (Å²) >= 11 is 7.75. The van der Waals surface area contributed by atoms with E-state index in [1.54, 1.807) is 41.5 Å². The second-order valence-electron chi connectivity index (χ2n) is 7.90. The summed E-state index contributed by atoms with van der Waals surface area (Å²) in [5, 5.41) is 3.63. The van der Waals surface area contributed by atoms with Crippen LogP contribution in [0.1, 0.15) is 47.0 Å². The molecule has 8 heteroatoms. The van der Waals surface area contributed by atoms with E-state index in [1.807, 2.05) is 16.5 Å². The number of thiazole rings is 1. The van der Waals surface area contributed by atoms with Gasteiger partial charge in [-0.3, -0.25) is 9.59 Å². The molecule has 6 nitrogen and oxygen atoms in total. The number of halogens is 1. The highest BCUT2D eigenvalue weighted by Crippen LogP contribution is 2.31. The van der Waals surface area contributed by atoms with Gasteiger partial charge in [-0.05, 0) is 43.9 Å². The predicted molar refractivity (Wildman–Crippen MR) is 117 cm³/mol. The molecule has 0 N–H and O–H groups in total. The lowest BCUT2D eigenvalue weighted by Crippen LogP contribution is -2.47. The summed E-state index contributed by atoms with van der Waals surface area (Å²) in [5.41, 5.74) is 0.470. The molecule has 0 bridgehead atoms. The van der Waals surface area contributed by atoms with E-state index in [4.69, 9.17) is 16.3 Å². The van der Waals surface area contributed by atoms with Crippen LogP contribution in [-0.2, 0) is 4.79 Å². The Balaban J connectivity index is 1.35. The summed E-state index contributed by atoms with van der Waals surface area (Å²) in [6.45, 7) is 2.70. The largest absolute Gasteiger partial charge is 0.496 e. The molecule has 2 aromatic rings. The summed E-state index contributed by atoms with van der Waals surface area (Å²) in [7, 11) is 1.54. The van der Waals surface area contributed by atoms with Gasteiger partial charge in [-0.2, -0.15) is 0 Å². The number of carbonyl (C=O) groups is 2. The van der Waals surface area contributed by atoms with Crippen LogP contribution >= 0.6 is 22.9 Å². The number of ether oxygens (including phenoxy) is 1. The topological polar surface area (TPSA) is 62.7 Å². The average Bonchev–Trinajstić information content (AvgIpc) is 3.33. The Morgan fingerprint density at radius 1 is 1.17 bits per heavy atom. The molecule has 0 aliphatic carbocycles. The minimum atomic E-state index is -0.0953. The van der Waals surface area contributed by atoms with Crippen LogP contribution in [0.5, 0.6) is 5.75 Å². The Kier molecular flexibility index (Phi) is 6.58. The van der Waals surface area contributed by atoms with E-state index in [2.05, 4.69) is 4.98 Å². The summed E-state index contributed by atoms with van der Waals surface area (Å²) in [4.78, 5) is 34.3. The summed E-state index contributed by atoms with van der Waals surface area (Å²) in [5.74, 6) is 0.972. The van der Waals surface area contributed by atoms with Gasteiger partial charge in [0.2, 0.25) is 5.91 Å². The molecule has 4 rings (SSSR count). The van der Waals surface area contributed by atoms with Crippen molar-refractivity contribution in [3.63, 3.8) is 0 Å². The van der Waals surface area contributed by atoms with Crippen molar-refractivity contribution in [1.29, 1.82) is 0 Å². The van der Waals surface area contributed by atoms with E-state index in [0.29, 0.717) is 48.2 Å². The second-order valence-corrected chi connectivity index (χ2v) is 9.27. The quantitative estimate of drug-likeness (QED) is 0.708. The Morgan fingerprint density at radius 2 is 1.97 bits per heavy atom. The molecule has 2 saturated heterocycles. The average molecular weight is 448 g/mol. The van der Waals surface area contributed by atoms with E-state index in [9.17, 15) is 9.59 Å². The Bertz CT molecular complexity index is 897. The summed E-state index contributed by atoms with van der Waals surface area (Å²) < 4.78 is 5.32. The Hall–Kier alpha value is -2.12. The van der Waals surface area contributed by atoms with Crippen LogP contribution in [0.3, 0.4) is 0 Å². The molecule has 3 heterocycles. The zero-order valence-electron chi connectivity index (χ0n) is 17.1. The molecule has 1 aromatic carbocycles. The lowest BCUT2D eigenvalue weighted by molar-refractivity contribution is -0.138. The third kappa shape index (κ3) is 4.47. The normalized spacial score (nSPS) is 20.3. The molecule has 2 fully saturated rings. The zero-order valence-corrected chi connectivity index (χ0v) is 18.6. The van der Waals surface area contributed by atoms with Crippen LogP contribution in [0, 0.1) is 5.92 Å². The van der Waals surface area contributed by atoms with E-state index in [0.717, 1.165) is 30.9 Å². The lowest BCUT2D eigenvalue weighted by atomic mass is 9.92. The molecule has 160 valence electrons. The highest BCUT2D eigenvalue weighted by molar-refractivity contribution is 7.09. The van der Waals surface area contributed by atoms with Crippen LogP contribution in [0.2, 0.25) is 5.02 Å². The maximum absolute atomic E-state index is 13.1. The maximum Gasteiger partial charge on any atom is 0.257 e. The lowest BCUT2D eigenvalue weighted by Gasteiger charge is -2.37. The molecule has 1 aromatic heterocycles. The molecular formula is C22H26ClN3O3S. The van der Waals surface area contributed by atoms with Gasteiger partial charge in [0.15, 0.2) is 0 Å². The number of piperidine rings is 2. The highest BCUT2D eigenvalue weighted by atomic mass is 35.5. The van der Waals surface area contributed by atoms with Crippen LogP contribution in [0.25, 0.3) is 0 Å². The molecule has 1 unspecified atom stereocenters. The van der Waals surface area contributed by atoms with E-state index < -0.39 is 0 Å². The number of carbonyl (C=O) groups excluding carboxylic acids is 2. The van der Waals surface area contributed by atoms with Gasteiger partial charge in [-0.1, -0.05) is 11.6 Å². The first-order valence-electron chi connectivity index (χ1n) is 10.4. The smallest absolute Gasteiger partial charge is 0.257 e. The number of benzene rings is 1. The number of hydrogen-bond donors (Lipinski definition) is 0. The number of methoxy groups -OCH3 is 1. The van der Waals surface area contributed by atoms with Crippen molar-refractivity contribution in [3.8, 4) is 5.75 Å². The van der Waals surface area contributed by atoms with Crippen molar-refractivity contribution in [1.82, 2.24) is 14.8 Å². The molecule has 0 saturated carbocycles. The van der Waals surface area contributed by atoms with Gasteiger partial charge < -0.3 is 14.5 Å². The molecule has 0 spiro atoms. The maximum atomic E-state index is 13.1. The van der Waals surface area contributed by atoms with Crippen molar-refractivity contribution in [2.45, 2.75) is 31.6 Å². The van der Waals surface area contributed by atoms with E-state index in [1.165, 1.54) is 0 Å². The first kappa shape index (κ1) is 21.1. The number of nitrogens with zero attached hydrogens (tertiary/aromatic N) is 3. The fourth-order valence-corrected chi connectivity index (χ4v) is 5.36. The molecule has 2 aliphatic rings. The first-order chi connectivity index (χ1) is 14.6. The number of amides is 2. The SMILES string of the molecule is COc1ccc(Cl)cc1C(=O)N1CCC(C(=O)N2CCCC(c3nccs3)C2)CC1. The highest BCUT2D eigenvalue weighted by Gasteiger charge is 2.34. The number of hydrogen-bond acceptors (Lipinski definition) is 5. The third-order valence-corrected chi connectivity index (χ3v) is 7.23. The third-order valence-electron chi connectivity index (χ3n) is 6.06. The fraction of sp³-hybridized carbons (Fsp3) is 0.500. The molecule has 2 amide bonds. The number of likely N-dealkylation sites (tertiary alicyclic amines) is 2. The number of rotatable bonds is 4. The standard InChI is InChI=1S/C22H26ClN3O3S/c1-29-19-5-4-17(23)13-18(19)22(28)25-10-6-15(7-11-25)21(27)26-9-2-3-16(14-26)20-24-8-12-30-20/h4-5,8,12-13,15-16H,2-3,6-7,9-11,14H2,1H3. The van der Waals surface area contributed by atoms with Gasteiger partial charge >= 0.3 is 0 Å². The molecule has 1 atom stereocenters. The van der Waals surface area contributed by atoms with Gasteiger partial charge in [0.05, 0.1) is 17.7 Å². The molecular weight excluding hydrogens is 422 g/mol. The Morgan fingerprint density at radius 3 is 2.67 bits per heavy atom. The van der Waals surface area contributed by atoms with E-state index in [-0.39, 0.29) is 17.7 Å². The van der Waals surface area contributed by atoms with Crippen molar-refractivity contribution < 1.29 is 14.3 Å². The molecule has 0 radical (unpaired) electrons. The fourth-order valence-electron chi connectivity index (χ4n) is 4.42. The van der Waals surface area contributed by atoms with Gasteiger partial charge in [0.1, 0.15) is 5.75 Å².